The number of hydrogen-bond donors (Lipinski definition) is 2. The second kappa shape index (κ2) is 8.67. The van der Waals surface area contributed by atoms with Gasteiger partial charge in [-0.2, -0.15) is 0 Å². The van der Waals surface area contributed by atoms with Crippen LogP contribution in [0.2, 0.25) is 0 Å². The molecule has 0 aliphatic heterocycles. The number of aromatic nitrogens is 1. The first-order valence-corrected chi connectivity index (χ1v) is 8.44. The van der Waals surface area contributed by atoms with Gasteiger partial charge >= 0.3 is 0 Å². The van der Waals surface area contributed by atoms with Crippen molar-refractivity contribution in [2.24, 2.45) is 0 Å². The summed E-state index contributed by atoms with van der Waals surface area (Å²) in [7, 11) is 1.57. The molecule has 3 rings (SSSR count). The molecule has 1 aromatic heterocycles. The van der Waals surface area contributed by atoms with Crippen LogP contribution in [-0.2, 0) is 6.42 Å². The largest absolute Gasteiger partial charge is 0.495 e. The monoisotopic (exact) mass is 347 g/mol. The molecule has 0 radical (unpaired) electrons. The van der Waals surface area contributed by atoms with Gasteiger partial charge in [-0.15, -0.1) is 0 Å². The molecule has 0 spiro atoms. The van der Waals surface area contributed by atoms with Crippen LogP contribution in [0.1, 0.15) is 16.1 Å². The fraction of sp³-hybridized carbons (Fsp3) is 0.143. The van der Waals surface area contributed by atoms with Gasteiger partial charge in [-0.1, -0.05) is 42.5 Å². The number of carbonyl (C=O) groups excluding carboxylic acids is 1. The Morgan fingerprint density at radius 2 is 1.81 bits per heavy atom. The normalized spacial score (nSPS) is 10.2. The van der Waals surface area contributed by atoms with Crippen LogP contribution in [0.4, 0.5) is 11.4 Å². The zero-order chi connectivity index (χ0) is 18.2. The van der Waals surface area contributed by atoms with Gasteiger partial charge in [0.2, 0.25) is 0 Å². The van der Waals surface area contributed by atoms with Crippen molar-refractivity contribution in [2.75, 3.05) is 24.3 Å². The predicted molar refractivity (Wildman–Crippen MR) is 104 cm³/mol. The third kappa shape index (κ3) is 4.60. The average molecular weight is 347 g/mol. The Kier molecular flexibility index (Phi) is 5.83. The Bertz CT molecular complexity index is 866. The summed E-state index contributed by atoms with van der Waals surface area (Å²) in [6.07, 6.45) is 2.54. The molecule has 2 aromatic carbocycles. The van der Waals surface area contributed by atoms with E-state index in [9.17, 15) is 4.79 Å². The Morgan fingerprint density at radius 1 is 1.04 bits per heavy atom. The molecule has 0 bridgehead atoms. The number of para-hydroxylation sites is 2. The Labute approximate surface area is 153 Å². The molecule has 0 atom stereocenters. The molecule has 5 heteroatoms. The van der Waals surface area contributed by atoms with Crippen molar-refractivity contribution in [3.8, 4) is 5.75 Å². The lowest BCUT2D eigenvalue weighted by molar-refractivity contribution is 0.102. The van der Waals surface area contributed by atoms with Crippen molar-refractivity contribution in [3.05, 3.63) is 84.2 Å². The number of nitrogens with one attached hydrogen (secondary N) is 2. The lowest BCUT2D eigenvalue weighted by Gasteiger charge is -2.11. The van der Waals surface area contributed by atoms with Crippen molar-refractivity contribution < 1.29 is 9.53 Å². The fourth-order valence-corrected chi connectivity index (χ4v) is 2.59. The third-order valence-electron chi connectivity index (χ3n) is 3.93. The minimum Gasteiger partial charge on any atom is -0.495 e. The Morgan fingerprint density at radius 3 is 2.62 bits per heavy atom. The second-order valence-electron chi connectivity index (χ2n) is 5.75. The van der Waals surface area contributed by atoms with Crippen molar-refractivity contribution in [2.45, 2.75) is 6.42 Å². The first-order chi connectivity index (χ1) is 12.8. The van der Waals surface area contributed by atoms with E-state index in [0.29, 0.717) is 17.1 Å². The quantitative estimate of drug-likeness (QED) is 0.678. The summed E-state index contributed by atoms with van der Waals surface area (Å²) in [6, 6.07) is 21.1. The SMILES string of the molecule is COc1ccccc1NC(=O)c1cc(NCCc2ccccc2)ccn1. The molecule has 0 aliphatic carbocycles. The zero-order valence-electron chi connectivity index (χ0n) is 14.6. The van der Waals surface area contributed by atoms with Crippen molar-refractivity contribution in [1.29, 1.82) is 0 Å². The molecular weight excluding hydrogens is 326 g/mol. The van der Waals surface area contributed by atoms with Crippen LogP contribution >= 0.6 is 0 Å². The van der Waals surface area contributed by atoms with Gasteiger partial charge in [-0.3, -0.25) is 9.78 Å². The van der Waals surface area contributed by atoms with Crippen LogP contribution in [0.5, 0.6) is 5.75 Å². The second-order valence-corrected chi connectivity index (χ2v) is 5.75. The summed E-state index contributed by atoms with van der Waals surface area (Å²) in [5.41, 5.74) is 3.09. The number of carbonyl (C=O) groups is 1. The number of nitrogens with zero attached hydrogens (tertiary/aromatic N) is 1. The fourth-order valence-electron chi connectivity index (χ4n) is 2.59. The zero-order valence-corrected chi connectivity index (χ0v) is 14.6. The lowest BCUT2D eigenvalue weighted by Crippen LogP contribution is -2.15. The van der Waals surface area contributed by atoms with Gasteiger partial charge in [0.05, 0.1) is 12.8 Å². The molecule has 0 saturated heterocycles. The van der Waals surface area contributed by atoms with Crippen molar-refractivity contribution in [1.82, 2.24) is 4.98 Å². The molecular formula is C21H21N3O2. The van der Waals surface area contributed by atoms with Crippen LogP contribution in [0, 0.1) is 0 Å². The van der Waals surface area contributed by atoms with Gasteiger partial charge in [-0.25, -0.2) is 0 Å². The highest BCUT2D eigenvalue weighted by Gasteiger charge is 2.11. The average Bonchev–Trinajstić information content (AvgIpc) is 2.69. The number of ether oxygens (including phenoxy) is 1. The molecule has 1 heterocycles. The summed E-state index contributed by atoms with van der Waals surface area (Å²) < 4.78 is 5.25. The van der Waals surface area contributed by atoms with E-state index in [2.05, 4.69) is 27.8 Å². The van der Waals surface area contributed by atoms with E-state index in [1.54, 1.807) is 31.5 Å². The maximum absolute atomic E-state index is 12.5. The van der Waals surface area contributed by atoms with Crippen molar-refractivity contribution >= 4 is 17.3 Å². The summed E-state index contributed by atoms with van der Waals surface area (Å²) in [5.74, 6) is 0.333. The minimum absolute atomic E-state index is 0.277. The highest BCUT2D eigenvalue weighted by molar-refractivity contribution is 6.04. The lowest BCUT2D eigenvalue weighted by atomic mass is 10.1. The van der Waals surface area contributed by atoms with Gasteiger partial charge in [0.15, 0.2) is 0 Å². The number of rotatable bonds is 7. The summed E-state index contributed by atoms with van der Waals surface area (Å²) in [6.45, 7) is 0.779. The van der Waals surface area contributed by atoms with Gasteiger partial charge in [0.25, 0.3) is 5.91 Å². The smallest absolute Gasteiger partial charge is 0.274 e. The first kappa shape index (κ1) is 17.5. The molecule has 0 unspecified atom stereocenters. The predicted octanol–water partition coefficient (Wildman–Crippen LogP) is 4.00. The molecule has 2 N–H and O–H groups in total. The van der Waals surface area contributed by atoms with Gasteiger partial charge in [-0.05, 0) is 36.2 Å². The van der Waals surface area contributed by atoms with E-state index in [1.807, 2.05) is 36.4 Å². The van der Waals surface area contributed by atoms with E-state index in [4.69, 9.17) is 4.74 Å². The van der Waals surface area contributed by atoms with Gasteiger partial charge in [0, 0.05) is 18.4 Å². The summed E-state index contributed by atoms with van der Waals surface area (Å²) >= 11 is 0. The van der Waals surface area contributed by atoms with Crippen LogP contribution in [0.15, 0.2) is 72.9 Å². The number of pyridine rings is 1. The number of hydrogen-bond acceptors (Lipinski definition) is 4. The number of benzene rings is 2. The van der Waals surface area contributed by atoms with E-state index in [-0.39, 0.29) is 5.91 Å². The van der Waals surface area contributed by atoms with Crippen molar-refractivity contribution in [3.63, 3.8) is 0 Å². The number of methoxy groups -OCH3 is 1. The third-order valence-corrected chi connectivity index (χ3v) is 3.93. The molecule has 132 valence electrons. The molecule has 0 fully saturated rings. The molecule has 0 saturated carbocycles. The van der Waals surface area contributed by atoms with Crippen LogP contribution in [0.3, 0.4) is 0 Å². The maximum Gasteiger partial charge on any atom is 0.274 e. The maximum atomic E-state index is 12.5. The molecule has 26 heavy (non-hydrogen) atoms. The topological polar surface area (TPSA) is 63.2 Å². The molecule has 0 aliphatic rings. The highest BCUT2D eigenvalue weighted by atomic mass is 16.5. The van der Waals surface area contributed by atoms with Crippen LogP contribution in [-0.4, -0.2) is 24.5 Å². The van der Waals surface area contributed by atoms with Gasteiger partial charge < -0.3 is 15.4 Å². The molecule has 3 aromatic rings. The highest BCUT2D eigenvalue weighted by Crippen LogP contribution is 2.23. The van der Waals surface area contributed by atoms with E-state index >= 15 is 0 Å². The van der Waals surface area contributed by atoms with E-state index in [0.717, 1.165) is 18.7 Å². The van der Waals surface area contributed by atoms with Crippen LogP contribution in [0.25, 0.3) is 0 Å². The first-order valence-electron chi connectivity index (χ1n) is 8.44. The summed E-state index contributed by atoms with van der Waals surface area (Å²) in [5, 5.41) is 6.16. The Hall–Kier alpha value is -3.34. The van der Waals surface area contributed by atoms with E-state index < -0.39 is 0 Å². The number of anilines is 2. The molecule has 5 nitrogen and oxygen atoms in total. The summed E-state index contributed by atoms with van der Waals surface area (Å²) in [4.78, 5) is 16.6. The van der Waals surface area contributed by atoms with Gasteiger partial charge in [0.1, 0.15) is 11.4 Å². The van der Waals surface area contributed by atoms with Crippen LogP contribution < -0.4 is 15.4 Å². The minimum atomic E-state index is -0.277. The number of amides is 1. The Balaban J connectivity index is 1.62. The standard InChI is InChI=1S/C21H21N3O2/c1-26-20-10-6-5-9-18(20)24-21(25)19-15-17(12-14-23-19)22-13-11-16-7-3-2-4-8-16/h2-10,12,14-15H,11,13H2,1H3,(H,22,23)(H,24,25). The van der Waals surface area contributed by atoms with E-state index in [1.165, 1.54) is 5.56 Å². The molecule has 1 amide bonds.